The van der Waals surface area contributed by atoms with Crippen LogP contribution >= 0.6 is 0 Å². The van der Waals surface area contributed by atoms with E-state index in [-0.39, 0.29) is 12.5 Å². The zero-order chi connectivity index (χ0) is 19.9. The van der Waals surface area contributed by atoms with Crippen LogP contribution in [0.25, 0.3) is 0 Å². The largest absolute Gasteiger partial charge is 0.484 e. The number of nitrogens with one attached hydrogen (secondary N) is 1. The van der Waals surface area contributed by atoms with Crippen molar-refractivity contribution in [2.45, 2.75) is 26.2 Å². The Labute approximate surface area is 168 Å². The van der Waals surface area contributed by atoms with E-state index in [0.717, 1.165) is 49.7 Å². The predicted molar refractivity (Wildman–Crippen MR) is 115 cm³/mol. The fourth-order valence-electron chi connectivity index (χ4n) is 3.37. The molecule has 1 aliphatic heterocycles. The van der Waals surface area contributed by atoms with Gasteiger partial charge in [0, 0.05) is 26.2 Å². The average Bonchev–Trinajstić information content (AvgIpc) is 2.73. The van der Waals surface area contributed by atoms with Crippen molar-refractivity contribution in [2.24, 2.45) is 0 Å². The van der Waals surface area contributed by atoms with Crippen LogP contribution in [0.4, 0.5) is 11.4 Å². The number of anilines is 2. The van der Waals surface area contributed by atoms with Crippen molar-refractivity contribution >= 4 is 17.3 Å². The van der Waals surface area contributed by atoms with Gasteiger partial charge in [-0.15, -0.1) is 0 Å². The summed E-state index contributed by atoms with van der Waals surface area (Å²) in [5.41, 5.74) is 3.20. The highest BCUT2D eigenvalue weighted by molar-refractivity contribution is 5.95. The maximum Gasteiger partial charge on any atom is 0.262 e. The molecule has 1 amide bonds. The molecule has 0 saturated carbocycles. The second-order valence-corrected chi connectivity index (χ2v) is 7.52. The molecule has 1 atom stereocenters. The summed E-state index contributed by atoms with van der Waals surface area (Å²) in [5.74, 6) is 1.10. The van der Waals surface area contributed by atoms with Crippen molar-refractivity contribution in [1.29, 1.82) is 0 Å². The third kappa shape index (κ3) is 5.26. The number of carbonyl (C=O) groups excluding carboxylic acids is 1. The molecular weight excluding hydrogens is 350 g/mol. The molecule has 5 heteroatoms. The monoisotopic (exact) mass is 381 g/mol. The van der Waals surface area contributed by atoms with E-state index in [9.17, 15) is 4.79 Å². The molecule has 1 aliphatic rings. The van der Waals surface area contributed by atoms with Gasteiger partial charge in [0.2, 0.25) is 0 Å². The van der Waals surface area contributed by atoms with E-state index < -0.39 is 0 Å². The third-order valence-electron chi connectivity index (χ3n) is 5.45. The SMILES string of the molecule is CC[C@H](C)c1ccc(OCC(=O)Nc2ccccc2N2CCN(C)CC2)cc1. The van der Waals surface area contributed by atoms with Crippen LogP contribution < -0.4 is 15.0 Å². The van der Waals surface area contributed by atoms with Crippen molar-refractivity contribution in [1.82, 2.24) is 4.90 Å². The Balaban J connectivity index is 1.56. The molecule has 150 valence electrons. The van der Waals surface area contributed by atoms with E-state index in [1.54, 1.807) is 0 Å². The van der Waals surface area contributed by atoms with Crippen molar-refractivity contribution in [3.63, 3.8) is 0 Å². The molecule has 0 spiro atoms. The number of nitrogens with zero attached hydrogens (tertiary/aromatic N) is 2. The van der Waals surface area contributed by atoms with E-state index in [4.69, 9.17) is 4.74 Å². The number of amides is 1. The third-order valence-corrected chi connectivity index (χ3v) is 5.45. The molecule has 1 heterocycles. The lowest BCUT2D eigenvalue weighted by molar-refractivity contribution is -0.118. The van der Waals surface area contributed by atoms with Gasteiger partial charge in [0.15, 0.2) is 6.61 Å². The quantitative estimate of drug-likeness (QED) is 0.788. The van der Waals surface area contributed by atoms with E-state index in [2.05, 4.69) is 54.2 Å². The highest BCUT2D eigenvalue weighted by Crippen LogP contribution is 2.26. The molecule has 2 aromatic rings. The van der Waals surface area contributed by atoms with Gasteiger partial charge in [-0.25, -0.2) is 0 Å². The number of carbonyl (C=O) groups is 1. The Kier molecular flexibility index (Phi) is 6.93. The first-order chi connectivity index (χ1) is 13.6. The summed E-state index contributed by atoms with van der Waals surface area (Å²) >= 11 is 0. The van der Waals surface area contributed by atoms with Gasteiger partial charge in [0.25, 0.3) is 5.91 Å². The van der Waals surface area contributed by atoms with Crippen molar-refractivity contribution in [3.05, 3.63) is 54.1 Å². The maximum absolute atomic E-state index is 12.4. The molecule has 0 bridgehead atoms. The Morgan fingerprint density at radius 1 is 1.07 bits per heavy atom. The van der Waals surface area contributed by atoms with Crippen LogP contribution in [0.15, 0.2) is 48.5 Å². The molecule has 1 N–H and O–H groups in total. The highest BCUT2D eigenvalue weighted by Gasteiger charge is 2.17. The molecule has 1 fully saturated rings. The minimum Gasteiger partial charge on any atom is -0.484 e. The second kappa shape index (κ2) is 9.60. The molecule has 1 saturated heterocycles. The lowest BCUT2D eigenvalue weighted by Gasteiger charge is -2.35. The molecule has 0 aromatic heterocycles. The predicted octanol–water partition coefficient (Wildman–Crippen LogP) is 3.97. The van der Waals surface area contributed by atoms with Crippen LogP contribution in [0.3, 0.4) is 0 Å². The summed E-state index contributed by atoms with van der Waals surface area (Å²) in [6, 6.07) is 16.0. The number of hydrogen-bond acceptors (Lipinski definition) is 4. The summed E-state index contributed by atoms with van der Waals surface area (Å²) in [6.07, 6.45) is 1.11. The number of likely N-dealkylation sites (N-methyl/N-ethyl adjacent to an activating group) is 1. The number of hydrogen-bond donors (Lipinski definition) is 1. The Hall–Kier alpha value is -2.53. The molecule has 0 unspecified atom stereocenters. The molecule has 0 aliphatic carbocycles. The first-order valence-corrected chi connectivity index (χ1v) is 10.1. The van der Waals surface area contributed by atoms with Gasteiger partial charge in [-0.2, -0.15) is 0 Å². The van der Waals surface area contributed by atoms with Gasteiger partial charge < -0.3 is 19.9 Å². The highest BCUT2D eigenvalue weighted by atomic mass is 16.5. The van der Waals surface area contributed by atoms with E-state index in [0.29, 0.717) is 5.92 Å². The summed E-state index contributed by atoms with van der Waals surface area (Å²) in [5, 5.41) is 3.01. The summed E-state index contributed by atoms with van der Waals surface area (Å²) in [4.78, 5) is 17.1. The second-order valence-electron chi connectivity index (χ2n) is 7.52. The van der Waals surface area contributed by atoms with Crippen LogP contribution in [0.1, 0.15) is 31.7 Å². The molecule has 3 rings (SSSR count). The maximum atomic E-state index is 12.4. The topological polar surface area (TPSA) is 44.8 Å². The van der Waals surface area contributed by atoms with Gasteiger partial charge in [-0.3, -0.25) is 4.79 Å². The first kappa shape index (κ1) is 20.2. The van der Waals surface area contributed by atoms with Gasteiger partial charge in [0.1, 0.15) is 5.75 Å². The normalized spacial score (nSPS) is 15.9. The molecule has 2 aromatic carbocycles. The number of piperazine rings is 1. The Morgan fingerprint density at radius 3 is 2.43 bits per heavy atom. The van der Waals surface area contributed by atoms with Crippen LogP contribution in [-0.2, 0) is 4.79 Å². The fourth-order valence-corrected chi connectivity index (χ4v) is 3.37. The zero-order valence-electron chi connectivity index (χ0n) is 17.1. The summed E-state index contributed by atoms with van der Waals surface area (Å²) < 4.78 is 5.68. The number of ether oxygens (including phenoxy) is 1. The molecule has 0 radical (unpaired) electrons. The minimum absolute atomic E-state index is 0.000248. The molecular formula is C23H31N3O2. The van der Waals surface area contributed by atoms with Gasteiger partial charge in [-0.1, -0.05) is 38.1 Å². The van der Waals surface area contributed by atoms with Crippen LogP contribution in [0.5, 0.6) is 5.75 Å². The van der Waals surface area contributed by atoms with Crippen molar-refractivity contribution < 1.29 is 9.53 Å². The number of para-hydroxylation sites is 2. The number of rotatable bonds is 7. The lowest BCUT2D eigenvalue weighted by Crippen LogP contribution is -2.44. The smallest absolute Gasteiger partial charge is 0.262 e. The average molecular weight is 382 g/mol. The standard InChI is InChI=1S/C23H31N3O2/c1-4-18(2)19-9-11-20(12-10-19)28-17-23(27)24-21-7-5-6-8-22(21)26-15-13-25(3)14-16-26/h5-12,18H,4,13-17H2,1-3H3,(H,24,27)/t18-/m0/s1. The van der Waals surface area contributed by atoms with Crippen LogP contribution in [-0.4, -0.2) is 50.6 Å². The summed E-state index contributed by atoms with van der Waals surface area (Å²) in [7, 11) is 2.14. The molecule has 5 nitrogen and oxygen atoms in total. The van der Waals surface area contributed by atoms with E-state index in [1.165, 1.54) is 5.56 Å². The van der Waals surface area contributed by atoms with Crippen molar-refractivity contribution in [2.75, 3.05) is 50.1 Å². The minimum atomic E-state index is -0.146. The number of benzene rings is 2. The Morgan fingerprint density at radius 2 is 1.75 bits per heavy atom. The van der Waals surface area contributed by atoms with Gasteiger partial charge >= 0.3 is 0 Å². The van der Waals surface area contributed by atoms with E-state index >= 15 is 0 Å². The first-order valence-electron chi connectivity index (χ1n) is 10.1. The van der Waals surface area contributed by atoms with Crippen LogP contribution in [0, 0.1) is 0 Å². The van der Waals surface area contributed by atoms with E-state index in [1.807, 2.05) is 30.3 Å². The Bertz CT molecular complexity index is 768. The van der Waals surface area contributed by atoms with Crippen LogP contribution in [0.2, 0.25) is 0 Å². The zero-order valence-corrected chi connectivity index (χ0v) is 17.1. The molecule has 28 heavy (non-hydrogen) atoms. The lowest BCUT2D eigenvalue weighted by atomic mass is 9.99. The van der Waals surface area contributed by atoms with Gasteiger partial charge in [0.05, 0.1) is 11.4 Å². The van der Waals surface area contributed by atoms with Crippen molar-refractivity contribution in [3.8, 4) is 5.75 Å². The summed E-state index contributed by atoms with van der Waals surface area (Å²) in [6.45, 7) is 8.36. The van der Waals surface area contributed by atoms with Gasteiger partial charge in [-0.05, 0) is 49.2 Å². The fraction of sp³-hybridized carbons (Fsp3) is 0.435.